The van der Waals surface area contributed by atoms with Gasteiger partial charge in [0.2, 0.25) is 0 Å². The molecule has 0 saturated carbocycles. The van der Waals surface area contributed by atoms with Crippen molar-refractivity contribution in [2.45, 2.75) is 46.5 Å². The number of para-hydroxylation sites is 1. The molecule has 4 N–H and O–H groups in total. The van der Waals surface area contributed by atoms with Gasteiger partial charge < -0.3 is 16.4 Å². The predicted octanol–water partition coefficient (Wildman–Crippen LogP) is 5.78. The highest BCUT2D eigenvalue weighted by Crippen LogP contribution is 2.25. The topological polar surface area (TPSA) is 131 Å². The lowest BCUT2D eigenvalue weighted by molar-refractivity contribution is 0.419. The Hall–Kier alpha value is -5.44. The highest BCUT2D eigenvalue weighted by Gasteiger charge is 2.14. The third-order valence-corrected chi connectivity index (χ3v) is 7.75. The number of nitrogen functional groups attached to an aromatic ring is 2. The van der Waals surface area contributed by atoms with Gasteiger partial charge in [0, 0.05) is 11.1 Å². The number of aryl methyl sites for hydroxylation is 3. The maximum atomic E-state index is 12.5. The zero-order valence-corrected chi connectivity index (χ0v) is 26.1. The first-order valence-electron chi connectivity index (χ1n) is 15.1. The predicted molar refractivity (Wildman–Crippen MR) is 182 cm³/mol. The number of hydrogen-bond donors (Lipinski definition) is 2. The Balaban J connectivity index is 0.000000178. The van der Waals surface area contributed by atoms with Gasteiger partial charge >= 0.3 is 0 Å². The number of methoxy groups -OCH3 is 1. The summed E-state index contributed by atoms with van der Waals surface area (Å²) in [6, 6.07) is 26.9. The first kappa shape index (κ1) is 31.0. The van der Waals surface area contributed by atoms with E-state index in [1.807, 2.05) is 61.5 Å². The van der Waals surface area contributed by atoms with Gasteiger partial charge in [-0.15, -0.1) is 0 Å². The fraction of sp³-hybridized carbons (Fsp3) is 0.222. The highest BCUT2D eigenvalue weighted by atomic mass is 16.5. The van der Waals surface area contributed by atoms with Gasteiger partial charge in [0.25, 0.3) is 11.1 Å². The van der Waals surface area contributed by atoms with Crippen molar-refractivity contribution in [3.63, 3.8) is 0 Å². The van der Waals surface area contributed by atoms with Crippen LogP contribution in [0, 0.1) is 6.92 Å². The molecule has 6 aromatic rings. The van der Waals surface area contributed by atoms with Gasteiger partial charge in [-0.2, -0.15) is 0 Å². The van der Waals surface area contributed by atoms with E-state index >= 15 is 0 Å². The Morgan fingerprint density at radius 3 is 1.78 bits per heavy atom. The second kappa shape index (κ2) is 13.5. The molecule has 0 aliphatic rings. The van der Waals surface area contributed by atoms with E-state index in [0.717, 1.165) is 51.7 Å². The lowest BCUT2D eigenvalue weighted by Gasteiger charge is -2.11. The molecule has 2 heterocycles. The summed E-state index contributed by atoms with van der Waals surface area (Å²) in [6.07, 6.45) is 4.26. The van der Waals surface area contributed by atoms with E-state index in [0.29, 0.717) is 39.2 Å². The number of aromatic nitrogens is 4. The molecule has 0 saturated heterocycles. The summed E-state index contributed by atoms with van der Waals surface area (Å²) >= 11 is 0. The number of rotatable bonds is 7. The van der Waals surface area contributed by atoms with Gasteiger partial charge in [-0.05, 0) is 54.7 Å². The van der Waals surface area contributed by atoms with Crippen molar-refractivity contribution in [1.29, 1.82) is 0 Å². The van der Waals surface area contributed by atoms with Crippen LogP contribution in [-0.2, 0) is 12.8 Å². The van der Waals surface area contributed by atoms with Gasteiger partial charge in [-0.25, -0.2) is 19.3 Å². The summed E-state index contributed by atoms with van der Waals surface area (Å²) < 4.78 is 7.55. The molecule has 0 amide bonds. The van der Waals surface area contributed by atoms with Crippen LogP contribution in [0.5, 0.6) is 5.75 Å². The van der Waals surface area contributed by atoms with Crippen LogP contribution in [0.3, 0.4) is 0 Å². The van der Waals surface area contributed by atoms with E-state index in [9.17, 15) is 9.59 Å². The van der Waals surface area contributed by atoms with Crippen LogP contribution in [0.4, 0.5) is 0 Å². The molecule has 0 spiro atoms. The summed E-state index contributed by atoms with van der Waals surface area (Å²) in [5.74, 6) is 13.4. The van der Waals surface area contributed by atoms with E-state index in [1.54, 1.807) is 25.3 Å². The highest BCUT2D eigenvalue weighted by molar-refractivity contribution is 5.85. The SMILES string of the molecule is CCCc1ccc(-c2nc3c(OC)cccc3c(=O)n2N)cc1.CCCc1ccc(-c2nc3cccc(C)c3c(=O)n2N)cc1. The molecule has 4 aromatic carbocycles. The quantitative estimate of drug-likeness (QED) is 0.222. The van der Waals surface area contributed by atoms with Gasteiger partial charge in [-0.1, -0.05) is 93.4 Å². The fourth-order valence-electron chi connectivity index (χ4n) is 5.39. The Labute approximate surface area is 261 Å². The minimum absolute atomic E-state index is 0.212. The number of hydrogen-bond acceptors (Lipinski definition) is 7. The standard InChI is InChI=1S/C18H19N3O2.C18H19N3O/c1-3-5-12-8-10-13(11-9-12)17-20-16-14(18(22)21(17)19)6-4-7-15(16)23-2;1-3-5-13-8-10-14(11-9-13)17-20-15-7-4-6-12(2)16(15)18(22)21(17)19/h4,6-11H,3,5,19H2,1-2H3;4,6-11H,3,5,19H2,1-2H3. The van der Waals surface area contributed by atoms with Crippen LogP contribution < -0.4 is 27.5 Å². The first-order valence-corrected chi connectivity index (χ1v) is 15.1. The second-order valence-corrected chi connectivity index (χ2v) is 10.9. The lowest BCUT2D eigenvalue weighted by Crippen LogP contribution is -2.30. The molecule has 0 bridgehead atoms. The molecule has 45 heavy (non-hydrogen) atoms. The number of ether oxygens (including phenoxy) is 1. The van der Waals surface area contributed by atoms with E-state index in [-0.39, 0.29) is 11.1 Å². The van der Waals surface area contributed by atoms with Crippen molar-refractivity contribution in [3.8, 4) is 28.5 Å². The van der Waals surface area contributed by atoms with Crippen molar-refractivity contribution in [2.75, 3.05) is 18.8 Å². The van der Waals surface area contributed by atoms with Crippen molar-refractivity contribution in [1.82, 2.24) is 19.3 Å². The van der Waals surface area contributed by atoms with E-state index in [4.69, 9.17) is 16.4 Å². The third-order valence-electron chi connectivity index (χ3n) is 7.75. The average Bonchev–Trinajstić information content (AvgIpc) is 3.05. The Bertz CT molecular complexity index is 2080. The van der Waals surface area contributed by atoms with Crippen LogP contribution >= 0.6 is 0 Å². The summed E-state index contributed by atoms with van der Waals surface area (Å²) in [5, 5.41) is 1.02. The van der Waals surface area contributed by atoms with E-state index in [1.165, 1.54) is 11.1 Å². The average molecular weight is 603 g/mol. The molecule has 9 heteroatoms. The number of nitrogens with zero attached hydrogens (tertiary/aromatic N) is 4. The van der Waals surface area contributed by atoms with Gasteiger partial charge in [0.1, 0.15) is 11.3 Å². The maximum Gasteiger partial charge on any atom is 0.280 e. The third kappa shape index (κ3) is 6.28. The Morgan fingerprint density at radius 2 is 1.22 bits per heavy atom. The van der Waals surface area contributed by atoms with Gasteiger partial charge in [0.15, 0.2) is 11.6 Å². The molecule has 0 aliphatic heterocycles. The largest absolute Gasteiger partial charge is 0.494 e. The monoisotopic (exact) mass is 602 g/mol. The van der Waals surface area contributed by atoms with Crippen LogP contribution in [0.2, 0.25) is 0 Å². The minimum atomic E-state index is -0.290. The van der Waals surface area contributed by atoms with Gasteiger partial charge in [0.05, 0.1) is 23.4 Å². The molecule has 0 atom stereocenters. The van der Waals surface area contributed by atoms with Crippen LogP contribution in [0.25, 0.3) is 44.6 Å². The zero-order chi connectivity index (χ0) is 32.1. The summed E-state index contributed by atoms with van der Waals surface area (Å²) in [7, 11) is 1.56. The normalized spacial score (nSPS) is 10.9. The molecule has 0 unspecified atom stereocenters. The summed E-state index contributed by atoms with van der Waals surface area (Å²) in [4.78, 5) is 34.2. The number of nitrogens with two attached hydrogens (primary N) is 2. The molecule has 9 nitrogen and oxygen atoms in total. The fourth-order valence-corrected chi connectivity index (χ4v) is 5.39. The minimum Gasteiger partial charge on any atom is -0.494 e. The molecule has 0 aliphatic carbocycles. The smallest absolute Gasteiger partial charge is 0.280 e. The van der Waals surface area contributed by atoms with E-state index in [2.05, 4.69) is 35.9 Å². The van der Waals surface area contributed by atoms with Gasteiger partial charge in [-0.3, -0.25) is 9.59 Å². The van der Waals surface area contributed by atoms with Crippen molar-refractivity contribution in [3.05, 3.63) is 122 Å². The molecular formula is C36H38N6O3. The summed E-state index contributed by atoms with van der Waals surface area (Å²) in [5.41, 5.74) is 5.76. The summed E-state index contributed by atoms with van der Waals surface area (Å²) in [6.45, 7) is 6.19. The van der Waals surface area contributed by atoms with Crippen molar-refractivity contribution in [2.24, 2.45) is 0 Å². The molecular weight excluding hydrogens is 564 g/mol. The molecule has 230 valence electrons. The molecule has 2 aromatic heterocycles. The zero-order valence-electron chi connectivity index (χ0n) is 26.1. The van der Waals surface area contributed by atoms with Crippen molar-refractivity contribution >= 4 is 21.8 Å². The van der Waals surface area contributed by atoms with E-state index < -0.39 is 0 Å². The van der Waals surface area contributed by atoms with Crippen LogP contribution in [0.1, 0.15) is 43.4 Å². The maximum absolute atomic E-state index is 12.5. The van der Waals surface area contributed by atoms with Crippen LogP contribution in [0.15, 0.2) is 94.5 Å². The lowest BCUT2D eigenvalue weighted by atomic mass is 10.1. The number of fused-ring (bicyclic) bond motifs is 2. The second-order valence-electron chi connectivity index (χ2n) is 10.9. The number of benzene rings is 4. The first-order chi connectivity index (χ1) is 21.8. The van der Waals surface area contributed by atoms with Crippen LogP contribution in [-0.4, -0.2) is 26.4 Å². The molecule has 6 rings (SSSR count). The molecule has 0 radical (unpaired) electrons. The molecule has 0 fully saturated rings. The van der Waals surface area contributed by atoms with Crippen molar-refractivity contribution < 1.29 is 4.74 Å². The Morgan fingerprint density at radius 1 is 0.689 bits per heavy atom. The Kier molecular flexibility index (Phi) is 9.28.